The number of carboxylic acids is 1. The fourth-order valence-corrected chi connectivity index (χ4v) is 6.37. The first kappa shape index (κ1) is 26.6. The molecule has 0 aromatic heterocycles. The fraction of sp³-hybridized carbons (Fsp3) is 0.556. The number of carbonyl (C=O) groups is 2. The number of benzene rings is 2. The molecule has 2 aliphatic heterocycles. The van der Waals surface area contributed by atoms with Crippen LogP contribution in [0.15, 0.2) is 30.3 Å². The molecular formula is C27H27F6NO4. The molecule has 2 aromatic carbocycles. The SMILES string of the molecule is O=C(O)C1CC2CCC(C1)N2C(=O)c1ccc2ccc(O[C@H]3CC[C@@H](C(F)(F)F)CC3)c(C(F)(F)F)c2c1. The molecule has 3 aliphatic rings. The van der Waals surface area contributed by atoms with Gasteiger partial charge >= 0.3 is 18.3 Å². The maximum Gasteiger partial charge on any atom is 0.420 e. The van der Waals surface area contributed by atoms with Crippen molar-refractivity contribution in [1.29, 1.82) is 0 Å². The molecule has 1 aliphatic carbocycles. The van der Waals surface area contributed by atoms with Crippen LogP contribution in [0.25, 0.3) is 10.8 Å². The Bertz CT molecular complexity index is 1220. The summed E-state index contributed by atoms with van der Waals surface area (Å²) in [4.78, 5) is 26.5. The Balaban J connectivity index is 1.43. The van der Waals surface area contributed by atoms with Crippen LogP contribution >= 0.6 is 0 Å². The number of ether oxygens (including phenoxy) is 1. The minimum atomic E-state index is -4.83. The average Bonchev–Trinajstić information content (AvgIpc) is 3.10. The summed E-state index contributed by atoms with van der Waals surface area (Å²) in [6.45, 7) is 0. The number of carboxylic acid groups (broad SMARTS) is 1. The number of rotatable bonds is 4. The lowest BCUT2D eigenvalue weighted by molar-refractivity contribution is -0.185. The largest absolute Gasteiger partial charge is 0.490 e. The molecule has 11 heteroatoms. The summed E-state index contributed by atoms with van der Waals surface area (Å²) >= 11 is 0. The molecule has 5 rings (SSSR count). The number of alkyl halides is 6. The van der Waals surface area contributed by atoms with E-state index in [9.17, 15) is 41.0 Å². The van der Waals surface area contributed by atoms with E-state index in [1.165, 1.54) is 30.3 Å². The van der Waals surface area contributed by atoms with Crippen LogP contribution < -0.4 is 4.74 Å². The highest BCUT2D eigenvalue weighted by atomic mass is 19.4. The van der Waals surface area contributed by atoms with Crippen molar-refractivity contribution in [3.63, 3.8) is 0 Å². The van der Waals surface area contributed by atoms with Crippen LogP contribution in [0.1, 0.15) is 67.3 Å². The van der Waals surface area contributed by atoms with Crippen molar-refractivity contribution in [2.24, 2.45) is 11.8 Å². The van der Waals surface area contributed by atoms with E-state index in [2.05, 4.69) is 0 Å². The lowest BCUT2D eigenvalue weighted by Crippen LogP contribution is -2.47. The molecule has 206 valence electrons. The van der Waals surface area contributed by atoms with E-state index in [1.807, 2.05) is 0 Å². The molecule has 38 heavy (non-hydrogen) atoms. The van der Waals surface area contributed by atoms with Gasteiger partial charge < -0.3 is 14.7 Å². The first-order chi connectivity index (χ1) is 17.8. The van der Waals surface area contributed by atoms with Gasteiger partial charge in [0.1, 0.15) is 11.3 Å². The Morgan fingerprint density at radius 1 is 0.868 bits per heavy atom. The van der Waals surface area contributed by atoms with Crippen LogP contribution in [-0.2, 0) is 11.0 Å². The summed E-state index contributed by atoms with van der Waals surface area (Å²) in [6, 6.07) is 6.16. The Labute approximate surface area is 214 Å². The second-order valence-corrected chi connectivity index (χ2v) is 10.6. The Hall–Kier alpha value is -2.98. The lowest BCUT2D eigenvalue weighted by Gasteiger charge is -2.37. The lowest BCUT2D eigenvalue weighted by atomic mass is 9.87. The number of hydrogen-bond acceptors (Lipinski definition) is 3. The van der Waals surface area contributed by atoms with E-state index in [1.54, 1.807) is 4.90 Å². The van der Waals surface area contributed by atoms with Crippen molar-refractivity contribution in [2.45, 2.75) is 81.9 Å². The average molecular weight is 544 g/mol. The van der Waals surface area contributed by atoms with E-state index in [4.69, 9.17) is 4.74 Å². The molecule has 2 heterocycles. The summed E-state index contributed by atoms with van der Waals surface area (Å²) in [5.74, 6) is -3.84. The van der Waals surface area contributed by atoms with Gasteiger partial charge in [-0.15, -0.1) is 0 Å². The smallest absolute Gasteiger partial charge is 0.420 e. The topological polar surface area (TPSA) is 66.8 Å². The second-order valence-electron chi connectivity index (χ2n) is 10.6. The number of aliphatic carboxylic acids is 1. The number of piperidine rings is 1. The van der Waals surface area contributed by atoms with E-state index in [-0.39, 0.29) is 54.1 Å². The minimum Gasteiger partial charge on any atom is -0.490 e. The van der Waals surface area contributed by atoms with Crippen molar-refractivity contribution in [1.82, 2.24) is 4.90 Å². The number of hydrogen-bond donors (Lipinski definition) is 1. The van der Waals surface area contributed by atoms with Crippen LogP contribution in [-0.4, -0.2) is 46.2 Å². The Morgan fingerprint density at radius 2 is 1.47 bits per heavy atom. The highest BCUT2D eigenvalue weighted by Gasteiger charge is 2.46. The van der Waals surface area contributed by atoms with Gasteiger partial charge in [-0.25, -0.2) is 0 Å². The number of carbonyl (C=O) groups excluding carboxylic acids is 1. The van der Waals surface area contributed by atoms with E-state index in [0.29, 0.717) is 25.7 Å². The number of halogens is 6. The van der Waals surface area contributed by atoms with Crippen LogP contribution in [0.2, 0.25) is 0 Å². The number of nitrogens with zero attached hydrogens (tertiary/aromatic N) is 1. The second kappa shape index (κ2) is 9.64. The molecule has 5 nitrogen and oxygen atoms in total. The van der Waals surface area contributed by atoms with Gasteiger partial charge in [0.2, 0.25) is 0 Å². The van der Waals surface area contributed by atoms with E-state index in [0.717, 1.165) is 0 Å². The monoisotopic (exact) mass is 543 g/mol. The van der Waals surface area contributed by atoms with Gasteiger partial charge in [0.25, 0.3) is 5.91 Å². The number of amides is 1. The predicted molar refractivity (Wildman–Crippen MR) is 125 cm³/mol. The third kappa shape index (κ3) is 5.03. The van der Waals surface area contributed by atoms with Crippen LogP contribution in [0.3, 0.4) is 0 Å². The quantitative estimate of drug-likeness (QED) is 0.430. The van der Waals surface area contributed by atoms with E-state index >= 15 is 0 Å². The normalized spacial score (nSPS) is 27.9. The Kier molecular flexibility index (Phi) is 6.76. The molecular weight excluding hydrogens is 516 g/mol. The number of fused-ring (bicyclic) bond motifs is 3. The van der Waals surface area contributed by atoms with Gasteiger partial charge in [-0.2, -0.15) is 26.3 Å². The first-order valence-corrected chi connectivity index (χ1v) is 12.8. The van der Waals surface area contributed by atoms with Gasteiger partial charge in [0.05, 0.1) is 17.9 Å². The third-order valence-electron chi connectivity index (χ3n) is 8.26. The third-order valence-corrected chi connectivity index (χ3v) is 8.26. The maximum absolute atomic E-state index is 14.3. The molecule has 2 unspecified atom stereocenters. The summed E-state index contributed by atoms with van der Waals surface area (Å²) in [6.07, 6.45) is -8.45. The van der Waals surface area contributed by atoms with Crippen molar-refractivity contribution < 1.29 is 45.8 Å². The summed E-state index contributed by atoms with van der Waals surface area (Å²) < 4.78 is 87.5. The van der Waals surface area contributed by atoms with Crippen LogP contribution in [0.4, 0.5) is 26.3 Å². The summed E-state index contributed by atoms with van der Waals surface area (Å²) in [7, 11) is 0. The highest BCUT2D eigenvalue weighted by Crippen LogP contribution is 2.45. The van der Waals surface area contributed by atoms with Gasteiger partial charge in [0, 0.05) is 17.6 Å². The summed E-state index contributed by atoms with van der Waals surface area (Å²) in [5.41, 5.74) is -0.994. The van der Waals surface area contributed by atoms with Crippen LogP contribution in [0, 0.1) is 11.8 Å². The molecule has 0 spiro atoms. The van der Waals surface area contributed by atoms with Gasteiger partial charge in [-0.05, 0) is 80.3 Å². The molecule has 1 saturated carbocycles. The molecule has 2 atom stereocenters. The van der Waals surface area contributed by atoms with Crippen molar-refractivity contribution in [3.05, 3.63) is 41.5 Å². The molecule has 2 bridgehead atoms. The standard InChI is InChI=1S/C27H27F6NO4/c28-26(29,30)17-4-8-20(9-5-17)38-22-10-3-14-1-2-15(13-21(14)23(22)27(31,32)33)24(35)34-18-6-7-19(34)12-16(11-18)25(36)37/h1-3,10,13,16-20H,4-9,11-12H2,(H,36,37)/t16?,17-,18?,19?,20+. The van der Waals surface area contributed by atoms with Crippen LogP contribution in [0.5, 0.6) is 5.75 Å². The minimum absolute atomic E-state index is 0.00683. The van der Waals surface area contributed by atoms with E-state index < -0.39 is 53.5 Å². The molecule has 1 N–H and O–H groups in total. The molecule has 0 radical (unpaired) electrons. The fourth-order valence-electron chi connectivity index (χ4n) is 6.37. The van der Waals surface area contributed by atoms with Crippen molar-refractivity contribution >= 4 is 22.6 Å². The molecule has 3 fully saturated rings. The predicted octanol–water partition coefficient (Wildman–Crippen LogP) is 6.83. The van der Waals surface area contributed by atoms with Crippen molar-refractivity contribution in [3.8, 4) is 5.75 Å². The molecule has 1 amide bonds. The molecule has 2 saturated heterocycles. The Morgan fingerprint density at radius 3 is 2.03 bits per heavy atom. The van der Waals surface area contributed by atoms with Crippen molar-refractivity contribution in [2.75, 3.05) is 0 Å². The zero-order chi connectivity index (χ0) is 27.4. The zero-order valence-corrected chi connectivity index (χ0v) is 20.3. The van der Waals surface area contributed by atoms with Gasteiger partial charge in [-0.1, -0.05) is 12.1 Å². The zero-order valence-electron chi connectivity index (χ0n) is 20.3. The van der Waals surface area contributed by atoms with Gasteiger partial charge in [-0.3, -0.25) is 9.59 Å². The summed E-state index contributed by atoms with van der Waals surface area (Å²) in [5, 5.41) is 9.41. The first-order valence-electron chi connectivity index (χ1n) is 12.8. The maximum atomic E-state index is 14.3. The highest BCUT2D eigenvalue weighted by molar-refractivity contribution is 6.00. The van der Waals surface area contributed by atoms with Gasteiger partial charge in [0.15, 0.2) is 0 Å². The molecule has 2 aromatic rings.